The van der Waals surface area contributed by atoms with Gasteiger partial charge in [-0.05, 0) is 43.2 Å². The molecule has 5 nitrogen and oxygen atoms in total. The van der Waals surface area contributed by atoms with E-state index in [-0.39, 0.29) is 12.5 Å². The fourth-order valence-electron chi connectivity index (χ4n) is 2.99. The van der Waals surface area contributed by atoms with Gasteiger partial charge in [0.05, 0.1) is 12.2 Å². The van der Waals surface area contributed by atoms with Crippen LogP contribution >= 0.6 is 0 Å². The van der Waals surface area contributed by atoms with Gasteiger partial charge < -0.3 is 15.0 Å². The summed E-state index contributed by atoms with van der Waals surface area (Å²) in [6.45, 7) is 4.21. The van der Waals surface area contributed by atoms with Crippen LogP contribution in [0.1, 0.15) is 32.9 Å². The molecule has 1 aromatic carbocycles. The second kappa shape index (κ2) is 7.32. The second-order valence-corrected chi connectivity index (χ2v) is 5.92. The SMILES string of the molecule is Cc1cc(C(=O)NCc2ccccc2CO)c(C)n1-c1ccccn1. The van der Waals surface area contributed by atoms with E-state index in [0.717, 1.165) is 28.3 Å². The van der Waals surface area contributed by atoms with Crippen molar-refractivity contribution in [2.24, 2.45) is 0 Å². The van der Waals surface area contributed by atoms with Gasteiger partial charge in [0.2, 0.25) is 0 Å². The van der Waals surface area contributed by atoms with E-state index in [4.69, 9.17) is 0 Å². The normalized spacial score (nSPS) is 10.7. The van der Waals surface area contributed by atoms with Crippen LogP contribution in [0.5, 0.6) is 0 Å². The van der Waals surface area contributed by atoms with Gasteiger partial charge in [0, 0.05) is 24.1 Å². The van der Waals surface area contributed by atoms with Crippen molar-refractivity contribution in [3.05, 3.63) is 82.8 Å². The third-order valence-corrected chi connectivity index (χ3v) is 4.28. The van der Waals surface area contributed by atoms with Crippen molar-refractivity contribution in [1.29, 1.82) is 0 Å². The molecule has 0 unspecified atom stereocenters. The molecule has 0 aliphatic heterocycles. The van der Waals surface area contributed by atoms with Crippen molar-refractivity contribution in [2.45, 2.75) is 27.0 Å². The number of aliphatic hydroxyl groups is 1. The first-order valence-corrected chi connectivity index (χ1v) is 8.18. The van der Waals surface area contributed by atoms with Gasteiger partial charge in [0.1, 0.15) is 5.82 Å². The van der Waals surface area contributed by atoms with Gasteiger partial charge in [-0.25, -0.2) is 4.98 Å². The highest BCUT2D eigenvalue weighted by Crippen LogP contribution is 2.19. The summed E-state index contributed by atoms with van der Waals surface area (Å²) in [6, 6.07) is 15.1. The number of hydrogen-bond donors (Lipinski definition) is 2. The van der Waals surface area contributed by atoms with Crippen LogP contribution in [0.15, 0.2) is 54.7 Å². The lowest BCUT2D eigenvalue weighted by Gasteiger charge is -2.10. The summed E-state index contributed by atoms with van der Waals surface area (Å²) in [5.41, 5.74) is 4.17. The molecular weight excluding hydrogens is 314 g/mol. The molecule has 0 spiro atoms. The third-order valence-electron chi connectivity index (χ3n) is 4.28. The molecule has 1 amide bonds. The number of hydrogen-bond acceptors (Lipinski definition) is 3. The number of carbonyl (C=O) groups is 1. The Morgan fingerprint density at radius 3 is 2.52 bits per heavy atom. The molecule has 128 valence electrons. The van der Waals surface area contributed by atoms with Gasteiger partial charge in [-0.1, -0.05) is 30.3 Å². The molecule has 0 bridgehead atoms. The average molecular weight is 335 g/mol. The molecule has 0 aliphatic rings. The minimum atomic E-state index is -0.136. The van der Waals surface area contributed by atoms with E-state index >= 15 is 0 Å². The van der Waals surface area contributed by atoms with Crippen molar-refractivity contribution in [3.63, 3.8) is 0 Å². The van der Waals surface area contributed by atoms with E-state index in [1.54, 1.807) is 6.20 Å². The standard InChI is InChI=1S/C20H21N3O2/c1-14-11-18(15(2)23(14)19-9-5-6-10-21-19)20(25)22-12-16-7-3-4-8-17(16)13-24/h3-11,24H,12-13H2,1-2H3,(H,22,25). The number of nitrogens with one attached hydrogen (secondary N) is 1. The maximum absolute atomic E-state index is 12.6. The minimum absolute atomic E-state index is 0.0414. The summed E-state index contributed by atoms with van der Waals surface area (Å²) in [6.07, 6.45) is 1.74. The molecule has 5 heteroatoms. The molecule has 3 aromatic rings. The highest BCUT2D eigenvalue weighted by molar-refractivity contribution is 5.95. The van der Waals surface area contributed by atoms with Crippen LogP contribution in [-0.2, 0) is 13.2 Å². The van der Waals surface area contributed by atoms with Crippen LogP contribution in [0.4, 0.5) is 0 Å². The van der Waals surface area contributed by atoms with Crippen molar-refractivity contribution in [2.75, 3.05) is 0 Å². The molecule has 3 rings (SSSR count). The largest absolute Gasteiger partial charge is 0.392 e. The van der Waals surface area contributed by atoms with Gasteiger partial charge in [-0.3, -0.25) is 4.79 Å². The zero-order chi connectivity index (χ0) is 17.8. The number of aliphatic hydroxyl groups excluding tert-OH is 1. The van der Waals surface area contributed by atoms with Gasteiger partial charge >= 0.3 is 0 Å². The Bertz CT molecular complexity index is 885. The van der Waals surface area contributed by atoms with E-state index in [9.17, 15) is 9.90 Å². The van der Waals surface area contributed by atoms with Crippen LogP contribution in [-0.4, -0.2) is 20.6 Å². The Morgan fingerprint density at radius 2 is 1.84 bits per heavy atom. The summed E-state index contributed by atoms with van der Waals surface area (Å²) in [5, 5.41) is 12.3. The predicted octanol–water partition coefficient (Wildman–Crippen LogP) is 2.91. The first kappa shape index (κ1) is 16.9. The number of rotatable bonds is 5. The molecule has 25 heavy (non-hydrogen) atoms. The lowest BCUT2D eigenvalue weighted by atomic mass is 10.1. The topological polar surface area (TPSA) is 67.2 Å². The smallest absolute Gasteiger partial charge is 0.253 e. The number of nitrogens with zero attached hydrogens (tertiary/aromatic N) is 2. The number of aryl methyl sites for hydroxylation is 1. The van der Waals surface area contributed by atoms with Crippen LogP contribution < -0.4 is 5.32 Å². The van der Waals surface area contributed by atoms with Crippen LogP contribution in [0.25, 0.3) is 5.82 Å². The maximum atomic E-state index is 12.6. The minimum Gasteiger partial charge on any atom is -0.392 e. The van der Waals surface area contributed by atoms with Crippen molar-refractivity contribution >= 4 is 5.91 Å². The summed E-state index contributed by atoms with van der Waals surface area (Å²) < 4.78 is 1.97. The first-order chi connectivity index (χ1) is 12.1. The Morgan fingerprint density at radius 1 is 1.12 bits per heavy atom. The molecule has 2 aromatic heterocycles. The van der Waals surface area contributed by atoms with Gasteiger partial charge in [0.15, 0.2) is 0 Å². The van der Waals surface area contributed by atoms with E-state index < -0.39 is 0 Å². The lowest BCUT2D eigenvalue weighted by molar-refractivity contribution is 0.0950. The first-order valence-electron chi connectivity index (χ1n) is 8.18. The molecule has 0 radical (unpaired) electrons. The Labute approximate surface area is 147 Å². The van der Waals surface area contributed by atoms with E-state index in [2.05, 4.69) is 10.3 Å². The maximum Gasteiger partial charge on any atom is 0.253 e. The molecule has 0 aliphatic carbocycles. The predicted molar refractivity (Wildman–Crippen MR) is 96.6 cm³/mol. The number of pyridine rings is 1. The number of carbonyl (C=O) groups excluding carboxylic acids is 1. The second-order valence-electron chi connectivity index (χ2n) is 5.92. The molecule has 0 fully saturated rings. The zero-order valence-corrected chi connectivity index (χ0v) is 14.4. The van der Waals surface area contributed by atoms with Crippen LogP contribution in [0.2, 0.25) is 0 Å². The average Bonchev–Trinajstić information content (AvgIpc) is 2.95. The number of benzene rings is 1. The zero-order valence-electron chi connectivity index (χ0n) is 14.4. The number of aromatic nitrogens is 2. The summed E-state index contributed by atoms with van der Waals surface area (Å²) in [4.78, 5) is 17.0. The highest BCUT2D eigenvalue weighted by Gasteiger charge is 2.17. The van der Waals surface area contributed by atoms with Crippen molar-refractivity contribution in [1.82, 2.24) is 14.9 Å². The molecule has 2 heterocycles. The summed E-state index contributed by atoms with van der Waals surface area (Å²) in [5.74, 6) is 0.658. The molecule has 0 saturated heterocycles. The molecule has 2 N–H and O–H groups in total. The van der Waals surface area contributed by atoms with Crippen LogP contribution in [0, 0.1) is 13.8 Å². The number of amides is 1. The highest BCUT2D eigenvalue weighted by atomic mass is 16.3. The fourth-order valence-corrected chi connectivity index (χ4v) is 2.99. The Hall–Kier alpha value is -2.92. The van der Waals surface area contributed by atoms with Gasteiger partial charge in [0.25, 0.3) is 5.91 Å². The van der Waals surface area contributed by atoms with Gasteiger partial charge in [-0.15, -0.1) is 0 Å². The molecule has 0 atom stereocenters. The monoisotopic (exact) mass is 335 g/mol. The van der Waals surface area contributed by atoms with Gasteiger partial charge in [-0.2, -0.15) is 0 Å². The quantitative estimate of drug-likeness (QED) is 0.753. The van der Waals surface area contributed by atoms with E-state index in [1.165, 1.54) is 0 Å². The Balaban J connectivity index is 1.82. The van der Waals surface area contributed by atoms with E-state index in [0.29, 0.717) is 12.1 Å². The van der Waals surface area contributed by atoms with Crippen molar-refractivity contribution < 1.29 is 9.90 Å². The van der Waals surface area contributed by atoms with E-state index in [1.807, 2.05) is 66.9 Å². The summed E-state index contributed by atoms with van der Waals surface area (Å²) in [7, 11) is 0. The molecule has 0 saturated carbocycles. The molecular formula is C20H21N3O2. The summed E-state index contributed by atoms with van der Waals surface area (Å²) >= 11 is 0. The third kappa shape index (κ3) is 3.46. The fraction of sp³-hybridized carbons (Fsp3) is 0.200. The van der Waals surface area contributed by atoms with Crippen LogP contribution in [0.3, 0.4) is 0 Å². The Kier molecular flexibility index (Phi) is 4.95. The van der Waals surface area contributed by atoms with Crippen molar-refractivity contribution in [3.8, 4) is 5.82 Å². The lowest BCUT2D eigenvalue weighted by Crippen LogP contribution is -2.24.